The first kappa shape index (κ1) is 32.0. The lowest BCUT2D eigenvalue weighted by molar-refractivity contribution is 1.30. The van der Waals surface area contributed by atoms with Crippen molar-refractivity contribution in [2.24, 2.45) is 0 Å². The highest BCUT2D eigenvalue weighted by atomic mass is 32.1. The zero-order chi connectivity index (χ0) is 35.8. The van der Waals surface area contributed by atoms with Crippen LogP contribution < -0.4 is 4.90 Å². The molecular formula is C52H35NS. The van der Waals surface area contributed by atoms with Crippen LogP contribution in [0.5, 0.6) is 0 Å². The molecule has 1 nitrogen and oxygen atoms in total. The van der Waals surface area contributed by atoms with E-state index in [1.54, 1.807) is 0 Å². The lowest BCUT2D eigenvalue weighted by Crippen LogP contribution is -2.12. The van der Waals surface area contributed by atoms with Gasteiger partial charge in [-0.3, -0.25) is 0 Å². The average Bonchev–Trinajstić information content (AvgIpc) is 3.64. The number of hydrogen-bond acceptors (Lipinski definition) is 2. The highest BCUT2D eigenvalue weighted by molar-refractivity contribution is 7.26. The first-order valence-corrected chi connectivity index (χ1v) is 19.2. The number of hydrogen-bond donors (Lipinski definition) is 0. The van der Waals surface area contributed by atoms with E-state index in [0.717, 1.165) is 17.1 Å². The van der Waals surface area contributed by atoms with Crippen molar-refractivity contribution in [3.63, 3.8) is 0 Å². The van der Waals surface area contributed by atoms with Gasteiger partial charge in [0, 0.05) is 26.7 Å². The van der Waals surface area contributed by atoms with Gasteiger partial charge in [0.25, 0.3) is 0 Å². The monoisotopic (exact) mass is 705 g/mol. The molecule has 0 amide bonds. The third kappa shape index (κ3) is 5.65. The molecule has 10 rings (SSSR count). The number of rotatable bonds is 7. The summed E-state index contributed by atoms with van der Waals surface area (Å²) < 4.78 is 2.56. The van der Waals surface area contributed by atoms with Gasteiger partial charge in [0.2, 0.25) is 0 Å². The topological polar surface area (TPSA) is 3.24 Å². The van der Waals surface area contributed by atoms with E-state index >= 15 is 0 Å². The third-order valence-electron chi connectivity index (χ3n) is 10.5. The van der Waals surface area contributed by atoms with Crippen LogP contribution >= 0.6 is 11.3 Å². The molecule has 254 valence electrons. The Morgan fingerprint density at radius 2 is 0.907 bits per heavy atom. The smallest absolute Gasteiger partial charge is 0.0640 e. The lowest BCUT2D eigenvalue weighted by Gasteiger charge is -2.29. The van der Waals surface area contributed by atoms with Crippen LogP contribution in [0.15, 0.2) is 212 Å². The van der Waals surface area contributed by atoms with Crippen molar-refractivity contribution in [3.8, 4) is 44.5 Å². The molecule has 2 heteroatoms. The number of nitrogens with zero attached hydrogens (tertiary/aromatic N) is 1. The van der Waals surface area contributed by atoms with Crippen LogP contribution in [0.25, 0.3) is 75.5 Å². The van der Waals surface area contributed by atoms with Gasteiger partial charge >= 0.3 is 0 Å². The predicted octanol–water partition coefficient (Wildman–Crippen LogP) is 15.3. The predicted molar refractivity (Wildman–Crippen MR) is 233 cm³/mol. The van der Waals surface area contributed by atoms with Gasteiger partial charge < -0.3 is 4.90 Å². The van der Waals surface area contributed by atoms with Gasteiger partial charge in [-0.1, -0.05) is 170 Å². The van der Waals surface area contributed by atoms with Crippen LogP contribution in [-0.4, -0.2) is 0 Å². The Kier molecular flexibility index (Phi) is 8.09. The van der Waals surface area contributed by atoms with Crippen LogP contribution in [0.3, 0.4) is 0 Å². The standard InChI is InChI=1S/C52H35NS/c1-4-17-36(18-5-1)40-33-39-23-10-11-24-42(39)48(34-40)44-25-12-14-28-49(44)53(50-29-16-27-46-45-26-13-15-30-51(45)54-52(46)50)41-31-32-43(37-19-6-2-7-20-37)47(35-41)38-21-8-3-9-22-38/h1-35H. The first-order chi connectivity index (χ1) is 26.8. The maximum absolute atomic E-state index is 2.50. The largest absolute Gasteiger partial charge is 0.308 e. The van der Waals surface area contributed by atoms with Gasteiger partial charge in [-0.2, -0.15) is 0 Å². The Bertz CT molecular complexity index is 2930. The van der Waals surface area contributed by atoms with Crippen LogP contribution in [0.4, 0.5) is 17.1 Å². The van der Waals surface area contributed by atoms with Crippen molar-refractivity contribution in [3.05, 3.63) is 212 Å². The first-order valence-electron chi connectivity index (χ1n) is 18.4. The molecule has 0 bridgehead atoms. The Balaban J connectivity index is 1.27. The Labute approximate surface area is 319 Å². The van der Waals surface area contributed by atoms with E-state index in [1.165, 1.54) is 75.5 Å². The van der Waals surface area contributed by atoms with E-state index in [0.29, 0.717) is 0 Å². The minimum atomic E-state index is 1.11. The van der Waals surface area contributed by atoms with Crippen LogP contribution in [0.2, 0.25) is 0 Å². The molecular weight excluding hydrogens is 671 g/mol. The molecule has 0 aliphatic carbocycles. The van der Waals surface area contributed by atoms with Gasteiger partial charge in [0.1, 0.15) is 0 Å². The van der Waals surface area contributed by atoms with Crippen molar-refractivity contribution < 1.29 is 0 Å². The summed E-state index contributed by atoms with van der Waals surface area (Å²) in [4.78, 5) is 2.50. The minimum absolute atomic E-state index is 1.11. The van der Waals surface area contributed by atoms with E-state index in [9.17, 15) is 0 Å². The Morgan fingerprint density at radius 1 is 0.315 bits per heavy atom. The fourth-order valence-electron chi connectivity index (χ4n) is 7.94. The molecule has 1 aromatic heterocycles. The minimum Gasteiger partial charge on any atom is -0.308 e. The molecule has 0 fully saturated rings. The SMILES string of the molecule is c1ccc(-c2cc(-c3ccccc3N(c3ccc(-c4ccccc4)c(-c4ccccc4)c3)c3cccc4c3sc3ccccc34)c3ccccc3c2)cc1. The van der Waals surface area contributed by atoms with Crippen molar-refractivity contribution in [2.45, 2.75) is 0 Å². The van der Waals surface area contributed by atoms with E-state index in [4.69, 9.17) is 0 Å². The molecule has 10 aromatic rings. The molecule has 0 aliphatic heterocycles. The summed E-state index contributed by atoms with van der Waals surface area (Å²) in [6.07, 6.45) is 0. The molecule has 9 aromatic carbocycles. The lowest BCUT2D eigenvalue weighted by atomic mass is 9.91. The Hall–Kier alpha value is -6.74. The van der Waals surface area contributed by atoms with Gasteiger partial charge in [-0.25, -0.2) is 0 Å². The molecule has 0 N–H and O–H groups in total. The van der Waals surface area contributed by atoms with Crippen molar-refractivity contribution in [1.82, 2.24) is 0 Å². The summed E-state index contributed by atoms with van der Waals surface area (Å²) in [7, 11) is 0. The highest BCUT2D eigenvalue weighted by Gasteiger charge is 2.23. The number of anilines is 3. The van der Waals surface area contributed by atoms with Crippen molar-refractivity contribution >= 4 is 59.3 Å². The van der Waals surface area contributed by atoms with Crippen molar-refractivity contribution in [2.75, 3.05) is 4.90 Å². The fraction of sp³-hybridized carbons (Fsp3) is 0. The van der Waals surface area contributed by atoms with E-state index < -0.39 is 0 Å². The van der Waals surface area contributed by atoms with Crippen LogP contribution in [0, 0.1) is 0 Å². The van der Waals surface area contributed by atoms with Gasteiger partial charge in [-0.05, 0) is 92.2 Å². The second-order valence-electron chi connectivity index (χ2n) is 13.7. The molecule has 0 aliphatic rings. The Morgan fingerprint density at radius 3 is 1.69 bits per heavy atom. The molecule has 0 spiro atoms. The second-order valence-corrected chi connectivity index (χ2v) is 14.7. The zero-order valence-corrected chi connectivity index (χ0v) is 30.4. The van der Waals surface area contributed by atoms with Gasteiger partial charge in [0.05, 0.1) is 16.1 Å². The third-order valence-corrected chi connectivity index (χ3v) is 11.7. The molecule has 1 heterocycles. The van der Waals surface area contributed by atoms with Crippen LogP contribution in [0.1, 0.15) is 0 Å². The second kappa shape index (κ2) is 13.7. The average molecular weight is 706 g/mol. The molecule has 54 heavy (non-hydrogen) atoms. The van der Waals surface area contributed by atoms with E-state index in [1.807, 2.05) is 11.3 Å². The summed E-state index contributed by atoms with van der Waals surface area (Å²) in [5, 5.41) is 5.02. The van der Waals surface area contributed by atoms with Crippen molar-refractivity contribution in [1.29, 1.82) is 0 Å². The van der Waals surface area contributed by atoms with Gasteiger partial charge in [0.15, 0.2) is 0 Å². The molecule has 0 saturated carbocycles. The number of benzene rings is 9. The van der Waals surface area contributed by atoms with Gasteiger partial charge in [-0.15, -0.1) is 11.3 Å². The maximum atomic E-state index is 2.50. The molecule has 0 saturated heterocycles. The summed E-state index contributed by atoms with van der Waals surface area (Å²) in [6.45, 7) is 0. The fourth-order valence-corrected chi connectivity index (χ4v) is 9.15. The van der Waals surface area contributed by atoms with E-state index in [2.05, 4.69) is 217 Å². The summed E-state index contributed by atoms with van der Waals surface area (Å²) in [6, 6.07) is 77.2. The molecule has 0 atom stereocenters. The quantitative estimate of drug-likeness (QED) is 0.160. The molecule has 0 radical (unpaired) electrons. The van der Waals surface area contributed by atoms with E-state index in [-0.39, 0.29) is 0 Å². The summed E-state index contributed by atoms with van der Waals surface area (Å²) in [5.41, 5.74) is 13.0. The van der Waals surface area contributed by atoms with Crippen LogP contribution in [-0.2, 0) is 0 Å². The number of para-hydroxylation sites is 1. The normalized spacial score (nSPS) is 11.3. The summed E-state index contributed by atoms with van der Waals surface area (Å²) in [5.74, 6) is 0. The summed E-state index contributed by atoms with van der Waals surface area (Å²) >= 11 is 1.87. The number of fused-ring (bicyclic) bond motifs is 4. The number of thiophene rings is 1. The molecule has 0 unspecified atom stereocenters. The highest BCUT2D eigenvalue weighted by Crippen LogP contribution is 2.49. The maximum Gasteiger partial charge on any atom is 0.0640 e. The zero-order valence-electron chi connectivity index (χ0n) is 29.6.